The van der Waals surface area contributed by atoms with Crippen molar-refractivity contribution in [2.75, 3.05) is 26.7 Å². The molecule has 0 radical (unpaired) electrons. The van der Waals surface area contributed by atoms with Crippen LogP contribution in [-0.2, 0) is 11.2 Å². The molecule has 0 bridgehead atoms. The average Bonchev–Trinajstić information content (AvgIpc) is 3.22. The van der Waals surface area contributed by atoms with Gasteiger partial charge in [-0.15, -0.1) is 0 Å². The first-order valence-corrected chi connectivity index (χ1v) is 10.9. The number of methoxy groups -OCH3 is 1. The fraction of sp³-hybridized carbons (Fsp3) is 0.545. The fourth-order valence-corrected chi connectivity index (χ4v) is 3.99. The third-order valence-corrected chi connectivity index (χ3v) is 5.71. The number of hydrogen-bond donors (Lipinski definition) is 0. The third kappa shape index (κ3) is 5.55. The Kier molecular flexibility index (Phi) is 7.54. The molecule has 1 fully saturated rings. The molecule has 1 aromatic carbocycles. The molecule has 1 atom stereocenters. The summed E-state index contributed by atoms with van der Waals surface area (Å²) in [6.07, 6.45) is 2.16. The molecule has 2 aromatic rings. The van der Waals surface area contributed by atoms with Gasteiger partial charge in [0.25, 0.3) is 5.91 Å². The van der Waals surface area contributed by atoms with Crippen LogP contribution >= 0.6 is 11.6 Å². The van der Waals surface area contributed by atoms with Crippen LogP contribution in [0.4, 0.5) is 0 Å². The predicted molar refractivity (Wildman–Crippen MR) is 116 cm³/mol. The van der Waals surface area contributed by atoms with E-state index < -0.39 is 0 Å². The van der Waals surface area contributed by atoms with Crippen LogP contribution in [0.25, 0.3) is 0 Å². The summed E-state index contributed by atoms with van der Waals surface area (Å²) in [5.41, 5.74) is 0.468. The standard InChI is InChI=1S/C22H29ClN4O4/c1-14(2)21-24-20(25-31-21)9-11-27(15(3)28)17-6-5-10-26(13-17)22(29)18-8-7-16(23)12-19(18)30-4/h7-8,12,14,17H,5-6,9-11,13H2,1-4H3. The number of hydrogen-bond acceptors (Lipinski definition) is 6. The number of benzene rings is 1. The highest BCUT2D eigenvalue weighted by Gasteiger charge is 2.31. The number of rotatable bonds is 7. The van der Waals surface area contributed by atoms with Crippen molar-refractivity contribution >= 4 is 23.4 Å². The molecule has 0 saturated carbocycles. The van der Waals surface area contributed by atoms with Gasteiger partial charge in [0, 0.05) is 50.0 Å². The smallest absolute Gasteiger partial charge is 0.257 e. The maximum absolute atomic E-state index is 13.1. The van der Waals surface area contributed by atoms with E-state index in [1.165, 1.54) is 7.11 Å². The summed E-state index contributed by atoms with van der Waals surface area (Å²) < 4.78 is 10.6. The molecule has 2 amide bonds. The van der Waals surface area contributed by atoms with Crippen molar-refractivity contribution in [1.82, 2.24) is 19.9 Å². The lowest BCUT2D eigenvalue weighted by Gasteiger charge is -2.39. The van der Waals surface area contributed by atoms with Gasteiger partial charge in [-0.25, -0.2) is 0 Å². The maximum Gasteiger partial charge on any atom is 0.257 e. The topological polar surface area (TPSA) is 88.8 Å². The van der Waals surface area contributed by atoms with Crippen LogP contribution in [0.2, 0.25) is 5.02 Å². The van der Waals surface area contributed by atoms with Gasteiger partial charge >= 0.3 is 0 Å². The van der Waals surface area contributed by atoms with E-state index in [2.05, 4.69) is 10.1 Å². The second-order valence-corrected chi connectivity index (χ2v) is 8.49. The first kappa shape index (κ1) is 23.1. The van der Waals surface area contributed by atoms with E-state index >= 15 is 0 Å². The van der Waals surface area contributed by atoms with Gasteiger partial charge in [-0.3, -0.25) is 9.59 Å². The summed E-state index contributed by atoms with van der Waals surface area (Å²) >= 11 is 6.02. The zero-order valence-electron chi connectivity index (χ0n) is 18.4. The lowest BCUT2D eigenvalue weighted by atomic mass is 10.0. The minimum atomic E-state index is -0.124. The summed E-state index contributed by atoms with van der Waals surface area (Å²) in [6.45, 7) is 7.11. The molecule has 0 spiro atoms. The number of amides is 2. The number of piperidine rings is 1. The van der Waals surface area contributed by atoms with Crippen LogP contribution in [0.3, 0.4) is 0 Å². The zero-order chi connectivity index (χ0) is 22.5. The van der Waals surface area contributed by atoms with Crippen molar-refractivity contribution in [1.29, 1.82) is 0 Å². The first-order chi connectivity index (χ1) is 14.8. The molecule has 1 aliphatic heterocycles. The molecule has 3 rings (SSSR count). The van der Waals surface area contributed by atoms with Crippen molar-refractivity contribution < 1.29 is 18.8 Å². The van der Waals surface area contributed by atoms with Gasteiger partial charge in [-0.2, -0.15) is 4.98 Å². The van der Waals surface area contributed by atoms with Crippen LogP contribution in [0.15, 0.2) is 22.7 Å². The fourth-order valence-electron chi connectivity index (χ4n) is 3.83. The summed E-state index contributed by atoms with van der Waals surface area (Å²) in [5.74, 6) is 1.63. The van der Waals surface area contributed by atoms with E-state index in [0.29, 0.717) is 54.1 Å². The van der Waals surface area contributed by atoms with Crippen LogP contribution in [-0.4, -0.2) is 64.5 Å². The molecule has 0 N–H and O–H groups in total. The molecule has 1 aliphatic rings. The molecule has 0 aliphatic carbocycles. The minimum Gasteiger partial charge on any atom is -0.496 e. The molecule has 9 heteroatoms. The highest BCUT2D eigenvalue weighted by molar-refractivity contribution is 6.30. The lowest BCUT2D eigenvalue weighted by Crippen LogP contribution is -2.51. The molecule has 1 saturated heterocycles. The van der Waals surface area contributed by atoms with Crippen molar-refractivity contribution in [3.8, 4) is 5.75 Å². The first-order valence-electron chi connectivity index (χ1n) is 10.5. The monoisotopic (exact) mass is 448 g/mol. The number of carbonyl (C=O) groups excluding carboxylic acids is 2. The van der Waals surface area contributed by atoms with Crippen LogP contribution in [0, 0.1) is 0 Å². The van der Waals surface area contributed by atoms with E-state index in [9.17, 15) is 9.59 Å². The van der Waals surface area contributed by atoms with E-state index in [1.807, 2.05) is 18.7 Å². The SMILES string of the molecule is COc1cc(Cl)ccc1C(=O)N1CCCC(N(CCc2noc(C(C)C)n2)C(C)=O)C1. The van der Waals surface area contributed by atoms with Crippen molar-refractivity contribution in [3.63, 3.8) is 0 Å². The van der Waals surface area contributed by atoms with Crippen LogP contribution in [0.1, 0.15) is 61.6 Å². The molecule has 8 nitrogen and oxygen atoms in total. The average molecular weight is 449 g/mol. The Bertz CT molecular complexity index is 930. The Labute approximate surface area is 187 Å². The molecule has 1 aromatic heterocycles. The molecule has 1 unspecified atom stereocenters. The lowest BCUT2D eigenvalue weighted by molar-refractivity contribution is -0.132. The van der Waals surface area contributed by atoms with E-state index in [1.54, 1.807) is 30.0 Å². The highest BCUT2D eigenvalue weighted by atomic mass is 35.5. The largest absolute Gasteiger partial charge is 0.496 e. The predicted octanol–water partition coefficient (Wildman–Crippen LogP) is 3.55. The van der Waals surface area contributed by atoms with Gasteiger partial charge in [0.05, 0.1) is 12.7 Å². The van der Waals surface area contributed by atoms with Gasteiger partial charge < -0.3 is 19.1 Å². The second kappa shape index (κ2) is 10.1. The maximum atomic E-state index is 13.1. The Morgan fingerprint density at radius 1 is 1.39 bits per heavy atom. The summed E-state index contributed by atoms with van der Waals surface area (Å²) in [7, 11) is 1.52. The Hall–Kier alpha value is -2.61. The number of nitrogens with zero attached hydrogens (tertiary/aromatic N) is 4. The van der Waals surface area contributed by atoms with Gasteiger partial charge in [0.2, 0.25) is 11.8 Å². The Morgan fingerprint density at radius 3 is 2.81 bits per heavy atom. The van der Waals surface area contributed by atoms with Crippen molar-refractivity contribution in [2.45, 2.75) is 52.0 Å². The molecular weight excluding hydrogens is 420 g/mol. The van der Waals surface area contributed by atoms with Crippen LogP contribution < -0.4 is 4.74 Å². The normalized spacial score (nSPS) is 16.5. The number of aromatic nitrogens is 2. The molecular formula is C22H29ClN4O4. The molecule has 2 heterocycles. The number of likely N-dealkylation sites (tertiary alicyclic amines) is 1. The minimum absolute atomic E-state index is 0.0315. The highest BCUT2D eigenvalue weighted by Crippen LogP contribution is 2.26. The summed E-state index contributed by atoms with van der Waals surface area (Å²) in [5, 5.41) is 4.52. The Balaban J connectivity index is 1.69. The van der Waals surface area contributed by atoms with Gasteiger partial charge in [-0.1, -0.05) is 30.6 Å². The quantitative estimate of drug-likeness (QED) is 0.643. The molecule has 31 heavy (non-hydrogen) atoms. The van der Waals surface area contributed by atoms with Gasteiger partial charge in [-0.05, 0) is 31.0 Å². The molecule has 168 valence electrons. The van der Waals surface area contributed by atoms with Crippen molar-refractivity contribution in [2.24, 2.45) is 0 Å². The van der Waals surface area contributed by atoms with Crippen molar-refractivity contribution in [3.05, 3.63) is 40.5 Å². The number of ether oxygens (including phenoxy) is 1. The summed E-state index contributed by atoms with van der Waals surface area (Å²) in [6, 6.07) is 4.93. The van der Waals surface area contributed by atoms with Gasteiger partial charge in [0.15, 0.2) is 5.82 Å². The van der Waals surface area contributed by atoms with E-state index in [-0.39, 0.29) is 23.8 Å². The van der Waals surface area contributed by atoms with Crippen LogP contribution in [0.5, 0.6) is 5.75 Å². The van der Waals surface area contributed by atoms with E-state index in [0.717, 1.165) is 12.8 Å². The second-order valence-electron chi connectivity index (χ2n) is 8.06. The Morgan fingerprint density at radius 2 is 2.16 bits per heavy atom. The third-order valence-electron chi connectivity index (χ3n) is 5.48. The van der Waals surface area contributed by atoms with Gasteiger partial charge in [0.1, 0.15) is 5.75 Å². The number of halogens is 1. The number of carbonyl (C=O) groups is 2. The zero-order valence-corrected chi connectivity index (χ0v) is 19.2. The summed E-state index contributed by atoms with van der Waals surface area (Å²) in [4.78, 5) is 33.5. The van der Waals surface area contributed by atoms with E-state index in [4.69, 9.17) is 20.9 Å².